The lowest BCUT2D eigenvalue weighted by Crippen LogP contribution is -2.28. The fourth-order valence-electron chi connectivity index (χ4n) is 4.13. The van der Waals surface area contributed by atoms with Crippen LogP contribution in [0.5, 0.6) is 5.75 Å². The Morgan fingerprint density at radius 2 is 1.12 bits per heavy atom. The van der Waals surface area contributed by atoms with Crippen molar-refractivity contribution in [2.24, 2.45) is 0 Å². The van der Waals surface area contributed by atoms with Gasteiger partial charge in [-0.1, -0.05) is 54.6 Å². The van der Waals surface area contributed by atoms with E-state index in [4.69, 9.17) is 0 Å². The van der Waals surface area contributed by atoms with Crippen LogP contribution >= 0.6 is 0 Å². The monoisotopic (exact) mass is 336 g/mol. The standard InChI is InChI=1S/C23H16N2O/c26-18-12-10-17(11-13-18)23(16-6-2-1-3-7-16)19-8-4-14-24-21(19)22-20(23)9-5-15-25-22/h1-15,26H. The van der Waals surface area contributed by atoms with Crippen molar-refractivity contribution in [1.29, 1.82) is 0 Å². The van der Waals surface area contributed by atoms with Crippen molar-refractivity contribution in [2.45, 2.75) is 5.41 Å². The van der Waals surface area contributed by atoms with Crippen LogP contribution in [0.2, 0.25) is 0 Å². The highest BCUT2D eigenvalue weighted by molar-refractivity contribution is 5.81. The maximum absolute atomic E-state index is 9.82. The number of phenols is 1. The molecule has 1 aliphatic rings. The van der Waals surface area contributed by atoms with Crippen molar-refractivity contribution < 1.29 is 5.11 Å². The Hall–Kier alpha value is -3.46. The number of benzene rings is 2. The van der Waals surface area contributed by atoms with E-state index < -0.39 is 5.41 Å². The van der Waals surface area contributed by atoms with Crippen LogP contribution in [-0.2, 0) is 5.41 Å². The maximum atomic E-state index is 9.82. The lowest BCUT2D eigenvalue weighted by Gasteiger charge is -2.33. The Kier molecular flexibility index (Phi) is 3.16. The van der Waals surface area contributed by atoms with E-state index in [9.17, 15) is 5.11 Å². The summed E-state index contributed by atoms with van der Waals surface area (Å²) < 4.78 is 0. The second kappa shape index (κ2) is 5.53. The molecule has 26 heavy (non-hydrogen) atoms. The molecule has 0 bridgehead atoms. The number of fused-ring (bicyclic) bond motifs is 3. The highest BCUT2D eigenvalue weighted by Crippen LogP contribution is 2.54. The third-order valence-corrected chi connectivity index (χ3v) is 5.15. The molecule has 2 aromatic heterocycles. The highest BCUT2D eigenvalue weighted by Gasteiger charge is 2.47. The van der Waals surface area contributed by atoms with Gasteiger partial charge in [0.05, 0.1) is 16.8 Å². The molecule has 0 radical (unpaired) electrons. The summed E-state index contributed by atoms with van der Waals surface area (Å²) in [6, 6.07) is 26.1. The van der Waals surface area contributed by atoms with E-state index in [1.54, 1.807) is 12.1 Å². The Bertz CT molecular complexity index is 1040. The lowest BCUT2D eigenvalue weighted by atomic mass is 9.68. The zero-order valence-corrected chi connectivity index (χ0v) is 14.0. The summed E-state index contributed by atoms with van der Waals surface area (Å²) in [7, 11) is 0. The van der Waals surface area contributed by atoms with Gasteiger partial charge in [-0.05, 0) is 46.5 Å². The molecule has 0 atom stereocenters. The summed E-state index contributed by atoms with van der Waals surface area (Å²) in [5, 5.41) is 9.82. The third kappa shape index (κ3) is 1.88. The number of phenolic OH excluding ortho intramolecular Hbond substituents is 1. The van der Waals surface area contributed by atoms with Crippen LogP contribution in [-0.4, -0.2) is 15.1 Å². The van der Waals surface area contributed by atoms with E-state index in [2.05, 4.69) is 46.4 Å². The van der Waals surface area contributed by atoms with Crippen molar-refractivity contribution in [3.63, 3.8) is 0 Å². The molecule has 3 nitrogen and oxygen atoms in total. The van der Waals surface area contributed by atoms with E-state index in [1.165, 1.54) is 0 Å². The molecule has 2 aromatic carbocycles. The second-order valence-corrected chi connectivity index (χ2v) is 6.46. The molecule has 1 aliphatic carbocycles. The zero-order valence-electron chi connectivity index (χ0n) is 14.0. The topological polar surface area (TPSA) is 46.0 Å². The molecular formula is C23H16N2O. The first-order valence-corrected chi connectivity index (χ1v) is 8.58. The van der Waals surface area contributed by atoms with Gasteiger partial charge in [0.15, 0.2) is 0 Å². The van der Waals surface area contributed by atoms with E-state index in [1.807, 2.05) is 42.7 Å². The summed E-state index contributed by atoms with van der Waals surface area (Å²) >= 11 is 0. The van der Waals surface area contributed by atoms with Gasteiger partial charge >= 0.3 is 0 Å². The average Bonchev–Trinajstić information content (AvgIpc) is 3.01. The molecule has 0 spiro atoms. The first kappa shape index (κ1) is 14.8. The van der Waals surface area contributed by atoms with Crippen molar-refractivity contribution in [3.05, 3.63) is 114 Å². The van der Waals surface area contributed by atoms with Crippen molar-refractivity contribution in [1.82, 2.24) is 9.97 Å². The largest absolute Gasteiger partial charge is 0.508 e. The van der Waals surface area contributed by atoms with Crippen LogP contribution in [0.15, 0.2) is 91.3 Å². The second-order valence-electron chi connectivity index (χ2n) is 6.46. The summed E-state index contributed by atoms with van der Waals surface area (Å²) in [4.78, 5) is 9.31. The SMILES string of the molecule is Oc1ccc(C2(c3ccccc3)c3cccnc3-c3ncccc32)cc1. The van der Waals surface area contributed by atoms with Crippen LogP contribution in [0, 0.1) is 0 Å². The third-order valence-electron chi connectivity index (χ3n) is 5.15. The van der Waals surface area contributed by atoms with Gasteiger partial charge in [-0.2, -0.15) is 0 Å². The fourth-order valence-corrected chi connectivity index (χ4v) is 4.13. The van der Waals surface area contributed by atoms with Gasteiger partial charge in [0.25, 0.3) is 0 Å². The van der Waals surface area contributed by atoms with Crippen molar-refractivity contribution in [2.75, 3.05) is 0 Å². The van der Waals surface area contributed by atoms with Crippen LogP contribution in [0.1, 0.15) is 22.3 Å². The van der Waals surface area contributed by atoms with Crippen molar-refractivity contribution >= 4 is 0 Å². The van der Waals surface area contributed by atoms with Gasteiger partial charge < -0.3 is 5.11 Å². The molecule has 4 aromatic rings. The lowest BCUT2D eigenvalue weighted by molar-refractivity contribution is 0.475. The smallest absolute Gasteiger partial charge is 0.115 e. The number of hydrogen-bond acceptors (Lipinski definition) is 3. The first-order valence-electron chi connectivity index (χ1n) is 8.58. The number of rotatable bonds is 2. The number of aromatic nitrogens is 2. The Labute approximate surface area is 151 Å². The van der Waals surface area contributed by atoms with Gasteiger partial charge in [0.2, 0.25) is 0 Å². The van der Waals surface area contributed by atoms with E-state index in [0.29, 0.717) is 0 Å². The van der Waals surface area contributed by atoms with Gasteiger partial charge in [-0.25, -0.2) is 0 Å². The van der Waals surface area contributed by atoms with Gasteiger partial charge in [-0.3, -0.25) is 9.97 Å². The van der Waals surface area contributed by atoms with Crippen molar-refractivity contribution in [3.8, 4) is 17.1 Å². The minimum absolute atomic E-state index is 0.257. The Morgan fingerprint density at radius 1 is 0.577 bits per heavy atom. The first-order chi connectivity index (χ1) is 12.8. The number of aromatic hydroxyl groups is 1. The van der Waals surface area contributed by atoms with E-state index >= 15 is 0 Å². The van der Waals surface area contributed by atoms with Crippen LogP contribution in [0.3, 0.4) is 0 Å². The molecule has 3 heteroatoms. The molecule has 0 unspecified atom stereocenters. The van der Waals surface area contributed by atoms with Crippen LogP contribution < -0.4 is 0 Å². The molecular weight excluding hydrogens is 320 g/mol. The molecule has 124 valence electrons. The number of hydrogen-bond donors (Lipinski definition) is 1. The van der Waals surface area contributed by atoms with Gasteiger partial charge in [0, 0.05) is 12.4 Å². The predicted octanol–water partition coefficient (Wildman–Crippen LogP) is 4.55. The predicted molar refractivity (Wildman–Crippen MR) is 101 cm³/mol. The molecule has 2 heterocycles. The van der Waals surface area contributed by atoms with Gasteiger partial charge in [0.1, 0.15) is 5.75 Å². The number of nitrogens with zero attached hydrogens (tertiary/aromatic N) is 2. The normalized spacial score (nSPS) is 13.8. The zero-order chi connectivity index (χ0) is 17.6. The van der Waals surface area contributed by atoms with Crippen LogP contribution in [0.25, 0.3) is 11.4 Å². The number of pyridine rings is 2. The van der Waals surface area contributed by atoms with E-state index in [0.717, 1.165) is 33.6 Å². The summed E-state index contributed by atoms with van der Waals surface area (Å²) in [5.41, 5.74) is 5.81. The fraction of sp³-hybridized carbons (Fsp3) is 0.0435. The summed E-state index contributed by atoms with van der Waals surface area (Å²) in [6.45, 7) is 0. The van der Waals surface area contributed by atoms with Gasteiger partial charge in [-0.15, -0.1) is 0 Å². The summed E-state index contributed by atoms with van der Waals surface area (Å²) in [6.07, 6.45) is 3.63. The molecule has 0 fully saturated rings. The molecule has 0 aliphatic heterocycles. The molecule has 0 amide bonds. The molecule has 0 saturated carbocycles. The minimum Gasteiger partial charge on any atom is -0.508 e. The Balaban J connectivity index is 1.96. The molecule has 0 saturated heterocycles. The van der Waals surface area contributed by atoms with Crippen LogP contribution in [0.4, 0.5) is 0 Å². The Morgan fingerprint density at radius 3 is 1.69 bits per heavy atom. The highest BCUT2D eigenvalue weighted by atomic mass is 16.3. The molecule has 1 N–H and O–H groups in total. The van der Waals surface area contributed by atoms with E-state index in [-0.39, 0.29) is 5.75 Å². The molecule has 5 rings (SSSR count). The maximum Gasteiger partial charge on any atom is 0.115 e. The average molecular weight is 336 g/mol. The summed E-state index contributed by atoms with van der Waals surface area (Å²) in [5.74, 6) is 0.257. The minimum atomic E-state index is -0.498. The quantitative estimate of drug-likeness (QED) is 0.514.